The molecule has 4 heteroatoms. The first-order valence-electron chi connectivity index (χ1n) is 6.95. The van der Waals surface area contributed by atoms with Gasteiger partial charge < -0.3 is 5.73 Å². The summed E-state index contributed by atoms with van der Waals surface area (Å²) >= 11 is 0. The first kappa shape index (κ1) is 15.7. The summed E-state index contributed by atoms with van der Waals surface area (Å²) in [5.41, 5.74) is 9.06. The van der Waals surface area contributed by atoms with E-state index in [9.17, 15) is 8.42 Å². The molecule has 0 aliphatic carbocycles. The summed E-state index contributed by atoms with van der Waals surface area (Å²) in [5, 5.41) is -0.679. The van der Waals surface area contributed by atoms with Gasteiger partial charge in [0, 0.05) is 6.04 Å². The van der Waals surface area contributed by atoms with Crippen LogP contribution in [-0.2, 0) is 9.84 Å². The molecule has 0 fully saturated rings. The largest absolute Gasteiger partial charge is 0.323 e. The summed E-state index contributed by atoms with van der Waals surface area (Å²) in [7, 11) is -3.44. The molecule has 0 aromatic heterocycles. The average Bonchev–Trinajstić information content (AvgIpc) is 2.46. The topological polar surface area (TPSA) is 60.2 Å². The van der Waals surface area contributed by atoms with Gasteiger partial charge >= 0.3 is 0 Å². The van der Waals surface area contributed by atoms with Gasteiger partial charge in [0.2, 0.25) is 0 Å². The Balaban J connectivity index is 2.33. The van der Waals surface area contributed by atoms with Gasteiger partial charge in [-0.25, -0.2) is 8.42 Å². The molecule has 2 N–H and O–H groups in total. The maximum atomic E-state index is 12.7. The fraction of sp³-hybridized carbons (Fsp3) is 0.294. The molecule has 2 atom stereocenters. The zero-order valence-corrected chi connectivity index (χ0v) is 13.4. The van der Waals surface area contributed by atoms with Crippen LogP contribution in [0.25, 0.3) is 0 Å². The minimum atomic E-state index is -3.44. The van der Waals surface area contributed by atoms with Gasteiger partial charge in [-0.05, 0) is 44.0 Å². The van der Waals surface area contributed by atoms with Gasteiger partial charge in [0.05, 0.1) is 10.1 Å². The highest BCUT2D eigenvalue weighted by Gasteiger charge is 2.29. The second-order valence-electron chi connectivity index (χ2n) is 5.50. The van der Waals surface area contributed by atoms with Crippen molar-refractivity contribution in [1.29, 1.82) is 0 Å². The van der Waals surface area contributed by atoms with E-state index in [1.54, 1.807) is 25.1 Å². The van der Waals surface area contributed by atoms with E-state index in [2.05, 4.69) is 0 Å². The van der Waals surface area contributed by atoms with Crippen LogP contribution in [0.15, 0.2) is 53.4 Å². The van der Waals surface area contributed by atoms with Gasteiger partial charge in [0.25, 0.3) is 0 Å². The number of benzene rings is 2. The molecule has 0 bridgehead atoms. The van der Waals surface area contributed by atoms with E-state index in [-0.39, 0.29) is 0 Å². The molecule has 3 nitrogen and oxygen atoms in total. The third-order valence-electron chi connectivity index (χ3n) is 3.78. The zero-order valence-electron chi connectivity index (χ0n) is 12.6. The lowest BCUT2D eigenvalue weighted by molar-refractivity contribution is 0.564. The van der Waals surface area contributed by atoms with Crippen molar-refractivity contribution in [2.24, 2.45) is 5.73 Å². The predicted octanol–water partition coefficient (Wildman–Crippen LogP) is 3.17. The summed E-state index contributed by atoms with van der Waals surface area (Å²) in [6.07, 6.45) is 0. The molecule has 0 amide bonds. The average molecular weight is 303 g/mol. The van der Waals surface area contributed by atoms with E-state index in [1.165, 1.54) is 0 Å². The molecule has 0 aliphatic heterocycles. The van der Waals surface area contributed by atoms with Gasteiger partial charge in [-0.15, -0.1) is 0 Å². The Hall–Kier alpha value is -1.65. The maximum Gasteiger partial charge on any atom is 0.182 e. The van der Waals surface area contributed by atoms with Gasteiger partial charge in [0.1, 0.15) is 0 Å². The number of rotatable bonds is 4. The van der Waals surface area contributed by atoms with Crippen molar-refractivity contribution in [3.8, 4) is 0 Å². The number of sulfone groups is 1. The molecule has 112 valence electrons. The van der Waals surface area contributed by atoms with E-state index >= 15 is 0 Å². The monoisotopic (exact) mass is 303 g/mol. The minimum absolute atomic E-state index is 0.331. The Labute approximate surface area is 126 Å². The quantitative estimate of drug-likeness (QED) is 0.943. The van der Waals surface area contributed by atoms with Gasteiger partial charge in [0.15, 0.2) is 9.84 Å². The second-order valence-corrected chi connectivity index (χ2v) is 7.81. The first-order chi connectivity index (χ1) is 9.82. The molecule has 2 rings (SSSR count). The highest BCUT2D eigenvalue weighted by molar-refractivity contribution is 7.92. The fourth-order valence-corrected chi connectivity index (χ4v) is 3.85. The molecule has 21 heavy (non-hydrogen) atoms. The summed E-state index contributed by atoms with van der Waals surface area (Å²) in [4.78, 5) is 0.331. The van der Waals surface area contributed by atoms with Crippen LogP contribution < -0.4 is 5.73 Å². The fourth-order valence-electron chi connectivity index (χ4n) is 2.26. The van der Waals surface area contributed by atoms with Crippen LogP contribution in [0, 0.1) is 13.8 Å². The van der Waals surface area contributed by atoms with Crippen molar-refractivity contribution in [3.05, 3.63) is 65.2 Å². The van der Waals surface area contributed by atoms with E-state index in [0.29, 0.717) is 4.90 Å². The van der Waals surface area contributed by atoms with Crippen molar-refractivity contribution in [3.63, 3.8) is 0 Å². The molecular formula is C17H21NO2S. The Morgan fingerprint density at radius 1 is 0.952 bits per heavy atom. The smallest absolute Gasteiger partial charge is 0.182 e. The van der Waals surface area contributed by atoms with Crippen LogP contribution in [0.2, 0.25) is 0 Å². The Morgan fingerprint density at radius 3 is 2.14 bits per heavy atom. The molecule has 2 aromatic carbocycles. The van der Waals surface area contributed by atoms with Crippen molar-refractivity contribution >= 4 is 9.84 Å². The second kappa shape index (κ2) is 6.00. The van der Waals surface area contributed by atoms with E-state index in [0.717, 1.165) is 16.7 Å². The number of nitrogens with two attached hydrogens (primary N) is 1. The summed E-state index contributed by atoms with van der Waals surface area (Å²) < 4.78 is 25.4. The molecule has 0 radical (unpaired) electrons. The van der Waals surface area contributed by atoms with Crippen molar-refractivity contribution in [1.82, 2.24) is 0 Å². The van der Waals surface area contributed by atoms with Crippen molar-refractivity contribution < 1.29 is 8.42 Å². The lowest BCUT2D eigenvalue weighted by Crippen LogP contribution is -2.31. The van der Waals surface area contributed by atoms with Gasteiger partial charge in [-0.2, -0.15) is 0 Å². The van der Waals surface area contributed by atoms with E-state index in [4.69, 9.17) is 5.73 Å². The Kier molecular flexibility index (Phi) is 4.49. The zero-order chi connectivity index (χ0) is 15.6. The lowest BCUT2D eigenvalue weighted by Gasteiger charge is -2.21. The predicted molar refractivity (Wildman–Crippen MR) is 85.9 cm³/mol. The van der Waals surface area contributed by atoms with Crippen LogP contribution in [-0.4, -0.2) is 13.7 Å². The highest BCUT2D eigenvalue weighted by atomic mass is 32.2. The normalized spacial score (nSPS) is 14.7. The first-order valence-corrected chi connectivity index (χ1v) is 8.49. The SMILES string of the molecule is Cc1ccc(C(N)C(C)S(=O)(=O)c2cccc(C)c2)cc1. The highest BCUT2D eigenvalue weighted by Crippen LogP contribution is 2.25. The Morgan fingerprint density at radius 2 is 1.57 bits per heavy atom. The maximum absolute atomic E-state index is 12.7. The molecule has 0 saturated carbocycles. The molecule has 2 aromatic rings. The van der Waals surface area contributed by atoms with Crippen molar-refractivity contribution in [2.75, 3.05) is 0 Å². The molecular weight excluding hydrogens is 282 g/mol. The number of hydrogen-bond acceptors (Lipinski definition) is 3. The summed E-state index contributed by atoms with van der Waals surface area (Å²) in [5.74, 6) is 0. The van der Waals surface area contributed by atoms with Crippen LogP contribution in [0.3, 0.4) is 0 Å². The molecule has 0 saturated heterocycles. The number of hydrogen-bond donors (Lipinski definition) is 1. The molecule has 0 heterocycles. The third-order valence-corrected chi connectivity index (χ3v) is 5.96. The standard InChI is InChI=1S/C17H21NO2S/c1-12-7-9-15(10-8-12)17(18)14(3)21(19,20)16-6-4-5-13(2)11-16/h4-11,14,17H,18H2,1-3H3. The van der Waals surface area contributed by atoms with Crippen LogP contribution in [0.5, 0.6) is 0 Å². The van der Waals surface area contributed by atoms with Crippen molar-refractivity contribution in [2.45, 2.75) is 37.0 Å². The summed E-state index contributed by atoms with van der Waals surface area (Å²) in [6, 6.07) is 14.1. The molecule has 2 unspecified atom stereocenters. The van der Waals surface area contributed by atoms with Gasteiger partial charge in [-0.1, -0.05) is 42.0 Å². The van der Waals surface area contributed by atoms with Crippen LogP contribution in [0.4, 0.5) is 0 Å². The molecule has 0 spiro atoms. The molecule has 0 aliphatic rings. The lowest BCUT2D eigenvalue weighted by atomic mass is 10.0. The van der Waals surface area contributed by atoms with E-state index in [1.807, 2.05) is 44.2 Å². The number of aryl methyl sites for hydroxylation is 2. The minimum Gasteiger partial charge on any atom is -0.323 e. The Bertz CT molecular complexity index is 721. The van der Waals surface area contributed by atoms with Gasteiger partial charge in [-0.3, -0.25) is 0 Å². The summed E-state index contributed by atoms with van der Waals surface area (Å²) in [6.45, 7) is 5.54. The van der Waals surface area contributed by atoms with E-state index < -0.39 is 21.1 Å². The third kappa shape index (κ3) is 3.34. The van der Waals surface area contributed by atoms with Crippen LogP contribution in [0.1, 0.15) is 29.7 Å². The van der Waals surface area contributed by atoms with Crippen LogP contribution >= 0.6 is 0 Å².